The summed E-state index contributed by atoms with van der Waals surface area (Å²) in [7, 11) is 1.42. The molecule has 0 aliphatic carbocycles. The average Bonchev–Trinajstić information content (AvgIpc) is 2.27. The Labute approximate surface area is 108 Å². The van der Waals surface area contributed by atoms with Crippen LogP contribution in [0.5, 0.6) is 5.75 Å². The van der Waals surface area contributed by atoms with Crippen molar-refractivity contribution in [1.82, 2.24) is 4.57 Å². The van der Waals surface area contributed by atoms with Gasteiger partial charge in [-0.05, 0) is 22.4 Å². The van der Waals surface area contributed by atoms with E-state index in [-0.39, 0.29) is 17.0 Å². The smallest absolute Gasteiger partial charge is 0.238 e. The van der Waals surface area contributed by atoms with Crippen LogP contribution in [0.15, 0.2) is 15.5 Å². The van der Waals surface area contributed by atoms with Crippen molar-refractivity contribution >= 4 is 21.7 Å². The second kappa shape index (κ2) is 3.98. The summed E-state index contributed by atoms with van der Waals surface area (Å²) >= 11 is 3.19. The van der Waals surface area contributed by atoms with Gasteiger partial charge in [-0.3, -0.25) is 9.59 Å². The van der Waals surface area contributed by atoms with Crippen LogP contribution in [0, 0.1) is 5.41 Å². The molecule has 0 unspecified atom stereocenters. The zero-order valence-electron chi connectivity index (χ0n) is 10.0. The number of carbonyl (C=O) groups is 1. The highest BCUT2D eigenvalue weighted by Crippen LogP contribution is 2.34. The van der Waals surface area contributed by atoms with Gasteiger partial charge in [-0.15, -0.1) is 0 Å². The molecule has 0 saturated carbocycles. The molecule has 0 saturated heterocycles. The normalized spacial score (nSPS) is 17.8. The molecule has 2 rings (SSSR count). The van der Waals surface area contributed by atoms with E-state index >= 15 is 0 Å². The van der Waals surface area contributed by atoms with E-state index < -0.39 is 5.41 Å². The summed E-state index contributed by atoms with van der Waals surface area (Å²) in [5.74, 6) is 0.0994. The lowest BCUT2D eigenvalue weighted by atomic mass is 9.80. The summed E-state index contributed by atoms with van der Waals surface area (Å²) < 4.78 is 7.32. The third-order valence-corrected chi connectivity index (χ3v) is 3.77. The molecule has 1 aliphatic rings. The zero-order chi connectivity index (χ0) is 12.8. The van der Waals surface area contributed by atoms with Crippen LogP contribution < -0.4 is 10.2 Å². The topological polar surface area (TPSA) is 48.3 Å². The van der Waals surface area contributed by atoms with Crippen molar-refractivity contribution in [2.24, 2.45) is 5.41 Å². The summed E-state index contributed by atoms with van der Waals surface area (Å²) in [6.07, 6.45) is 2.42. The first-order valence-corrected chi connectivity index (χ1v) is 6.19. The first-order valence-electron chi connectivity index (χ1n) is 5.40. The predicted molar refractivity (Wildman–Crippen MR) is 67.7 cm³/mol. The van der Waals surface area contributed by atoms with Crippen LogP contribution in [0.25, 0.3) is 0 Å². The third-order valence-electron chi connectivity index (χ3n) is 3.21. The first kappa shape index (κ1) is 12.4. The Hall–Kier alpha value is -1.10. The summed E-state index contributed by atoms with van der Waals surface area (Å²) in [4.78, 5) is 24.2. The number of hydrogen-bond donors (Lipinski definition) is 0. The highest BCUT2D eigenvalue weighted by Gasteiger charge is 2.37. The number of carbonyl (C=O) groups excluding carboxylic acids is 1. The Morgan fingerprint density at radius 3 is 2.65 bits per heavy atom. The van der Waals surface area contributed by atoms with Gasteiger partial charge >= 0.3 is 0 Å². The van der Waals surface area contributed by atoms with Gasteiger partial charge in [0, 0.05) is 18.2 Å². The Kier molecular flexibility index (Phi) is 2.89. The Bertz CT molecular complexity index is 545. The number of methoxy groups -OCH3 is 1. The lowest BCUT2D eigenvalue weighted by molar-refractivity contribution is 0.0771. The number of Topliss-reactive ketones (excluding diaryl/α,β-unsaturated/α-hetero) is 1. The largest absolute Gasteiger partial charge is 0.491 e. The number of nitrogens with zero attached hydrogens (tertiary/aromatic N) is 1. The number of ketones is 1. The minimum absolute atomic E-state index is 0.0369. The van der Waals surface area contributed by atoms with E-state index in [0.29, 0.717) is 16.7 Å². The van der Waals surface area contributed by atoms with Crippen LogP contribution in [0.1, 0.15) is 30.8 Å². The number of rotatable bonds is 1. The lowest BCUT2D eigenvalue weighted by Crippen LogP contribution is -2.36. The van der Waals surface area contributed by atoms with Crippen LogP contribution in [-0.4, -0.2) is 17.5 Å². The molecule has 0 amide bonds. The Morgan fingerprint density at radius 2 is 2.06 bits per heavy atom. The molecular formula is C12H14BrNO3. The van der Waals surface area contributed by atoms with Gasteiger partial charge in [-0.2, -0.15) is 0 Å². The fourth-order valence-corrected chi connectivity index (χ4v) is 2.47. The molecule has 0 aromatic carbocycles. The summed E-state index contributed by atoms with van der Waals surface area (Å²) in [6.45, 7) is 4.50. The maximum Gasteiger partial charge on any atom is 0.238 e. The first-order chi connectivity index (χ1) is 7.88. The van der Waals surface area contributed by atoms with Crippen LogP contribution in [0.4, 0.5) is 0 Å². The molecule has 5 heteroatoms. The van der Waals surface area contributed by atoms with E-state index in [0.717, 1.165) is 6.42 Å². The van der Waals surface area contributed by atoms with Gasteiger partial charge in [0.05, 0.1) is 11.6 Å². The molecule has 0 fully saturated rings. The van der Waals surface area contributed by atoms with Crippen molar-refractivity contribution in [2.75, 3.05) is 7.11 Å². The van der Waals surface area contributed by atoms with Crippen molar-refractivity contribution in [2.45, 2.75) is 26.8 Å². The van der Waals surface area contributed by atoms with E-state index in [1.165, 1.54) is 7.11 Å². The van der Waals surface area contributed by atoms with Crippen molar-refractivity contribution in [1.29, 1.82) is 0 Å². The van der Waals surface area contributed by atoms with Crippen molar-refractivity contribution in [3.63, 3.8) is 0 Å². The van der Waals surface area contributed by atoms with Gasteiger partial charge in [-0.1, -0.05) is 13.8 Å². The van der Waals surface area contributed by atoms with Gasteiger partial charge in [0.2, 0.25) is 5.43 Å². The SMILES string of the molecule is COc1c2n(cc(Br)c1=O)CCC(C)(C)C2=O. The van der Waals surface area contributed by atoms with Crippen LogP contribution in [0.3, 0.4) is 0 Å². The second-order valence-electron chi connectivity index (χ2n) is 4.84. The average molecular weight is 300 g/mol. The predicted octanol–water partition coefficient (Wildman–Crippen LogP) is 2.23. The Morgan fingerprint density at radius 1 is 1.41 bits per heavy atom. The van der Waals surface area contributed by atoms with Gasteiger partial charge in [0.25, 0.3) is 0 Å². The van der Waals surface area contributed by atoms with Crippen molar-refractivity contribution in [3.05, 3.63) is 26.6 Å². The minimum atomic E-state index is -0.437. The standard InChI is InChI=1S/C12H14BrNO3/c1-12(2)4-5-14-6-7(13)9(15)10(17-3)8(14)11(12)16/h6H,4-5H2,1-3H3. The second-order valence-corrected chi connectivity index (χ2v) is 5.70. The Balaban J connectivity index is 2.76. The van der Waals surface area contributed by atoms with Gasteiger partial charge in [0.15, 0.2) is 11.5 Å². The van der Waals surface area contributed by atoms with E-state index in [1.807, 2.05) is 13.8 Å². The number of fused-ring (bicyclic) bond motifs is 1. The number of hydrogen-bond acceptors (Lipinski definition) is 3. The number of aromatic nitrogens is 1. The molecule has 4 nitrogen and oxygen atoms in total. The van der Waals surface area contributed by atoms with E-state index in [2.05, 4.69) is 15.9 Å². The van der Waals surface area contributed by atoms with Crippen molar-refractivity contribution in [3.8, 4) is 5.75 Å². The molecule has 1 aromatic heterocycles. The molecule has 92 valence electrons. The van der Waals surface area contributed by atoms with Gasteiger partial charge in [-0.25, -0.2) is 0 Å². The number of halogens is 1. The fourth-order valence-electron chi connectivity index (χ4n) is 2.04. The maximum atomic E-state index is 12.3. The molecular weight excluding hydrogens is 286 g/mol. The van der Waals surface area contributed by atoms with Crippen LogP contribution in [0.2, 0.25) is 0 Å². The minimum Gasteiger partial charge on any atom is -0.491 e. The molecule has 0 bridgehead atoms. The molecule has 0 spiro atoms. The fraction of sp³-hybridized carbons (Fsp3) is 0.500. The zero-order valence-corrected chi connectivity index (χ0v) is 11.6. The maximum absolute atomic E-state index is 12.3. The molecule has 1 aromatic rings. The monoisotopic (exact) mass is 299 g/mol. The highest BCUT2D eigenvalue weighted by molar-refractivity contribution is 9.10. The molecule has 2 heterocycles. The highest BCUT2D eigenvalue weighted by atomic mass is 79.9. The van der Waals surface area contributed by atoms with Crippen molar-refractivity contribution < 1.29 is 9.53 Å². The quantitative estimate of drug-likeness (QED) is 0.799. The number of aryl methyl sites for hydroxylation is 1. The molecule has 0 radical (unpaired) electrons. The number of pyridine rings is 1. The van der Waals surface area contributed by atoms with E-state index in [4.69, 9.17) is 4.74 Å². The number of ether oxygens (including phenoxy) is 1. The van der Waals surface area contributed by atoms with Crippen LogP contribution in [-0.2, 0) is 6.54 Å². The molecule has 0 atom stereocenters. The van der Waals surface area contributed by atoms with Gasteiger partial charge < -0.3 is 9.30 Å². The third kappa shape index (κ3) is 1.82. The molecule has 1 aliphatic heterocycles. The summed E-state index contributed by atoms with van der Waals surface area (Å²) in [6, 6.07) is 0. The van der Waals surface area contributed by atoms with E-state index in [9.17, 15) is 9.59 Å². The summed E-state index contributed by atoms with van der Waals surface area (Å²) in [5, 5.41) is 0. The van der Waals surface area contributed by atoms with Gasteiger partial charge in [0.1, 0.15) is 5.69 Å². The molecule has 0 N–H and O–H groups in total. The van der Waals surface area contributed by atoms with E-state index in [1.54, 1.807) is 10.8 Å². The molecule has 17 heavy (non-hydrogen) atoms. The lowest BCUT2D eigenvalue weighted by Gasteiger charge is -2.31. The summed E-state index contributed by atoms with van der Waals surface area (Å²) in [5.41, 5.74) is -0.324. The van der Waals surface area contributed by atoms with Crippen LogP contribution >= 0.6 is 15.9 Å².